The Balaban J connectivity index is 3.18. The molecule has 1 aromatic rings. The van der Waals surface area contributed by atoms with Gasteiger partial charge in [0.1, 0.15) is 6.17 Å². The average molecular weight is 245 g/mol. The molecule has 1 rings (SSSR count). The van der Waals surface area contributed by atoms with E-state index in [-0.39, 0.29) is 11.4 Å². The minimum atomic E-state index is -3.35. The molecular formula is C11H16FNO2S. The van der Waals surface area contributed by atoms with Gasteiger partial charge in [0, 0.05) is 6.54 Å². The zero-order valence-corrected chi connectivity index (χ0v) is 10.2. The second-order valence-electron chi connectivity index (χ2n) is 3.87. The van der Waals surface area contributed by atoms with Gasteiger partial charge >= 0.3 is 0 Å². The molecule has 90 valence electrons. The summed E-state index contributed by atoms with van der Waals surface area (Å²) in [6.45, 7) is 3.04. The quantitative estimate of drug-likeness (QED) is 0.880. The van der Waals surface area contributed by atoms with Crippen LogP contribution in [0.4, 0.5) is 4.39 Å². The van der Waals surface area contributed by atoms with E-state index in [1.54, 1.807) is 13.8 Å². The number of alkyl halides is 1. The molecule has 1 atom stereocenters. The topological polar surface area (TPSA) is 60.2 Å². The van der Waals surface area contributed by atoms with Gasteiger partial charge in [0.05, 0.1) is 10.1 Å². The van der Waals surface area contributed by atoms with E-state index in [2.05, 4.69) is 0 Å². The fourth-order valence-electron chi connectivity index (χ4n) is 1.29. The normalized spacial score (nSPS) is 14.1. The Morgan fingerprint density at radius 2 is 2.00 bits per heavy atom. The molecule has 0 heterocycles. The Kier molecular flexibility index (Phi) is 4.04. The monoisotopic (exact) mass is 245 g/mol. The van der Waals surface area contributed by atoms with Crippen LogP contribution in [0.15, 0.2) is 29.2 Å². The number of sulfone groups is 1. The van der Waals surface area contributed by atoms with Crippen LogP contribution >= 0.6 is 0 Å². The summed E-state index contributed by atoms with van der Waals surface area (Å²) in [7, 11) is -3.35. The fraction of sp³-hybridized carbons (Fsp3) is 0.455. The van der Waals surface area contributed by atoms with Gasteiger partial charge in [-0.1, -0.05) is 12.1 Å². The maximum absolute atomic E-state index is 13.3. The molecule has 1 aromatic carbocycles. The van der Waals surface area contributed by atoms with Crippen LogP contribution < -0.4 is 5.73 Å². The molecule has 0 fully saturated rings. The SMILES string of the molecule is CC(C)S(=O)(=O)c1cccc(C(F)CN)c1. The lowest BCUT2D eigenvalue weighted by atomic mass is 10.1. The first kappa shape index (κ1) is 13.1. The first-order valence-electron chi connectivity index (χ1n) is 5.07. The van der Waals surface area contributed by atoms with Gasteiger partial charge in [-0.05, 0) is 31.5 Å². The van der Waals surface area contributed by atoms with Crippen molar-refractivity contribution in [1.82, 2.24) is 0 Å². The van der Waals surface area contributed by atoms with E-state index in [4.69, 9.17) is 5.73 Å². The van der Waals surface area contributed by atoms with Crippen LogP contribution in [-0.4, -0.2) is 20.2 Å². The number of benzene rings is 1. The Labute approximate surface area is 95.4 Å². The van der Waals surface area contributed by atoms with E-state index in [0.29, 0.717) is 5.56 Å². The Morgan fingerprint density at radius 3 is 2.50 bits per heavy atom. The summed E-state index contributed by atoms with van der Waals surface area (Å²) in [6, 6.07) is 5.90. The van der Waals surface area contributed by atoms with Gasteiger partial charge in [-0.15, -0.1) is 0 Å². The Bertz CT molecular complexity index is 457. The zero-order valence-electron chi connectivity index (χ0n) is 9.35. The predicted molar refractivity (Wildman–Crippen MR) is 61.7 cm³/mol. The maximum Gasteiger partial charge on any atom is 0.180 e. The summed E-state index contributed by atoms with van der Waals surface area (Å²) in [5.41, 5.74) is 5.51. The summed E-state index contributed by atoms with van der Waals surface area (Å²) in [5.74, 6) is 0. The molecule has 3 nitrogen and oxygen atoms in total. The van der Waals surface area contributed by atoms with Crippen molar-refractivity contribution < 1.29 is 12.8 Å². The van der Waals surface area contributed by atoms with Crippen molar-refractivity contribution in [2.24, 2.45) is 5.73 Å². The Hall–Kier alpha value is -0.940. The molecule has 0 radical (unpaired) electrons. The molecule has 2 N–H and O–H groups in total. The van der Waals surface area contributed by atoms with Crippen molar-refractivity contribution in [2.75, 3.05) is 6.54 Å². The van der Waals surface area contributed by atoms with E-state index in [1.165, 1.54) is 24.3 Å². The second kappa shape index (κ2) is 4.93. The number of hydrogen-bond acceptors (Lipinski definition) is 3. The van der Waals surface area contributed by atoms with Crippen molar-refractivity contribution in [2.45, 2.75) is 30.2 Å². The van der Waals surface area contributed by atoms with Crippen molar-refractivity contribution in [3.05, 3.63) is 29.8 Å². The van der Waals surface area contributed by atoms with Gasteiger partial charge in [-0.25, -0.2) is 12.8 Å². The molecule has 0 saturated heterocycles. The smallest absolute Gasteiger partial charge is 0.180 e. The van der Waals surface area contributed by atoms with E-state index in [0.717, 1.165) is 0 Å². The summed E-state index contributed by atoms with van der Waals surface area (Å²) in [5, 5.41) is -0.515. The Morgan fingerprint density at radius 1 is 1.38 bits per heavy atom. The largest absolute Gasteiger partial charge is 0.327 e. The molecule has 0 aromatic heterocycles. The molecule has 0 aliphatic carbocycles. The molecule has 0 saturated carbocycles. The van der Waals surface area contributed by atoms with Crippen LogP contribution in [0.5, 0.6) is 0 Å². The summed E-state index contributed by atoms with van der Waals surface area (Å²) in [4.78, 5) is 0.149. The van der Waals surface area contributed by atoms with Gasteiger partial charge in [0.15, 0.2) is 9.84 Å². The minimum Gasteiger partial charge on any atom is -0.327 e. The highest BCUT2D eigenvalue weighted by Crippen LogP contribution is 2.22. The van der Waals surface area contributed by atoms with Crippen molar-refractivity contribution in [1.29, 1.82) is 0 Å². The van der Waals surface area contributed by atoms with Crippen molar-refractivity contribution >= 4 is 9.84 Å². The summed E-state index contributed by atoms with van der Waals surface area (Å²) < 4.78 is 37.0. The number of nitrogens with two attached hydrogens (primary N) is 1. The third kappa shape index (κ3) is 2.59. The van der Waals surface area contributed by atoms with Gasteiger partial charge in [-0.3, -0.25) is 0 Å². The maximum atomic E-state index is 13.3. The van der Waals surface area contributed by atoms with Crippen LogP contribution in [0.3, 0.4) is 0 Å². The molecule has 0 bridgehead atoms. The highest BCUT2D eigenvalue weighted by atomic mass is 32.2. The van der Waals surface area contributed by atoms with Crippen LogP contribution in [-0.2, 0) is 9.84 Å². The molecular weight excluding hydrogens is 229 g/mol. The van der Waals surface area contributed by atoms with E-state index in [9.17, 15) is 12.8 Å². The standard InChI is InChI=1S/C11H16FNO2S/c1-8(2)16(14,15)10-5-3-4-9(6-10)11(12)7-13/h3-6,8,11H,7,13H2,1-2H3. The van der Waals surface area contributed by atoms with E-state index in [1.807, 2.05) is 0 Å². The van der Waals surface area contributed by atoms with Crippen LogP contribution in [0, 0.1) is 0 Å². The van der Waals surface area contributed by atoms with Gasteiger partial charge in [-0.2, -0.15) is 0 Å². The predicted octanol–water partition coefficient (Wildman–Crippen LogP) is 1.84. The van der Waals surface area contributed by atoms with Gasteiger partial charge < -0.3 is 5.73 Å². The number of rotatable bonds is 4. The average Bonchev–Trinajstić information content (AvgIpc) is 2.28. The van der Waals surface area contributed by atoms with Crippen LogP contribution in [0.2, 0.25) is 0 Å². The lowest BCUT2D eigenvalue weighted by molar-refractivity contribution is 0.352. The molecule has 16 heavy (non-hydrogen) atoms. The fourth-order valence-corrected chi connectivity index (χ4v) is 2.41. The number of hydrogen-bond donors (Lipinski definition) is 1. The van der Waals surface area contributed by atoms with Crippen molar-refractivity contribution in [3.63, 3.8) is 0 Å². The molecule has 0 amide bonds. The zero-order chi connectivity index (χ0) is 12.3. The van der Waals surface area contributed by atoms with Crippen LogP contribution in [0.1, 0.15) is 25.6 Å². The molecule has 5 heteroatoms. The highest BCUT2D eigenvalue weighted by molar-refractivity contribution is 7.92. The number of halogens is 1. The van der Waals surface area contributed by atoms with Gasteiger partial charge in [0.25, 0.3) is 0 Å². The van der Waals surface area contributed by atoms with Gasteiger partial charge in [0.2, 0.25) is 0 Å². The van der Waals surface area contributed by atoms with Crippen molar-refractivity contribution in [3.8, 4) is 0 Å². The van der Waals surface area contributed by atoms with Crippen LogP contribution in [0.25, 0.3) is 0 Å². The lowest BCUT2D eigenvalue weighted by Gasteiger charge is -2.10. The molecule has 0 aliphatic heterocycles. The van der Waals surface area contributed by atoms with E-state index < -0.39 is 21.3 Å². The minimum absolute atomic E-state index is 0.148. The first-order valence-corrected chi connectivity index (χ1v) is 6.62. The lowest BCUT2D eigenvalue weighted by Crippen LogP contribution is -2.15. The highest BCUT2D eigenvalue weighted by Gasteiger charge is 2.20. The molecule has 0 spiro atoms. The second-order valence-corrected chi connectivity index (χ2v) is 6.37. The molecule has 0 aliphatic rings. The first-order chi connectivity index (χ1) is 7.39. The van der Waals surface area contributed by atoms with E-state index >= 15 is 0 Å². The molecule has 1 unspecified atom stereocenters. The third-order valence-electron chi connectivity index (χ3n) is 2.38. The third-order valence-corrected chi connectivity index (χ3v) is 4.53. The summed E-state index contributed by atoms with van der Waals surface area (Å²) >= 11 is 0. The summed E-state index contributed by atoms with van der Waals surface area (Å²) in [6.07, 6.45) is -1.32.